The molecule has 2 N–H and O–H groups in total. The highest BCUT2D eigenvalue weighted by Gasteiger charge is 2.29. The molecule has 0 spiro atoms. The molecule has 1 nitrogen and oxygen atoms in total. The number of hydrogen-bond acceptors (Lipinski definition) is 1. The predicted octanol–water partition coefficient (Wildman–Crippen LogP) is 3.51. The Morgan fingerprint density at radius 3 is 1.67 bits per heavy atom. The minimum Gasteiger partial charge on any atom is -0.330 e. The van der Waals surface area contributed by atoms with Crippen molar-refractivity contribution in [2.24, 2.45) is 5.73 Å². The Morgan fingerprint density at radius 1 is 0.889 bits per heavy atom. The van der Waals surface area contributed by atoms with Gasteiger partial charge in [0.15, 0.2) is 0 Å². The summed E-state index contributed by atoms with van der Waals surface area (Å²) < 4.78 is 0. The molecule has 0 aliphatic carbocycles. The molecule has 0 bridgehead atoms. The van der Waals surface area contributed by atoms with Gasteiger partial charge in [-0.25, -0.2) is 0 Å². The summed E-state index contributed by atoms with van der Waals surface area (Å²) in [5.74, 6) is 0. The average Bonchev–Trinajstić information content (AvgIpc) is 2.47. The van der Waals surface area contributed by atoms with Gasteiger partial charge in [-0.15, -0.1) is 6.58 Å². The van der Waals surface area contributed by atoms with Crippen LogP contribution >= 0.6 is 0 Å². The lowest BCUT2D eigenvalue weighted by Crippen LogP contribution is -2.28. The van der Waals surface area contributed by atoms with E-state index in [-0.39, 0.29) is 5.41 Å². The standard InChI is InChI=1S/C17H19N/c1-2-17(13-14-18,15-9-5-3-6-10-15)16-11-7-4-8-12-16/h2-12H,1,13-14,18H2. The summed E-state index contributed by atoms with van der Waals surface area (Å²) in [4.78, 5) is 0. The normalized spacial score (nSPS) is 11.2. The molecule has 0 heterocycles. The Hall–Kier alpha value is -1.86. The van der Waals surface area contributed by atoms with Crippen LogP contribution in [0.15, 0.2) is 73.3 Å². The Labute approximate surface area is 109 Å². The molecule has 0 fully saturated rings. The van der Waals surface area contributed by atoms with E-state index in [1.54, 1.807) is 0 Å². The molecule has 18 heavy (non-hydrogen) atoms. The van der Waals surface area contributed by atoms with Gasteiger partial charge in [0.1, 0.15) is 0 Å². The predicted molar refractivity (Wildman–Crippen MR) is 77.5 cm³/mol. The molecule has 0 aromatic heterocycles. The van der Waals surface area contributed by atoms with Crippen LogP contribution in [0, 0.1) is 0 Å². The topological polar surface area (TPSA) is 26.0 Å². The van der Waals surface area contributed by atoms with Crippen LogP contribution in [0.25, 0.3) is 0 Å². The van der Waals surface area contributed by atoms with Crippen molar-refractivity contribution in [2.45, 2.75) is 11.8 Å². The van der Waals surface area contributed by atoms with Crippen LogP contribution in [0.1, 0.15) is 17.5 Å². The van der Waals surface area contributed by atoms with Crippen molar-refractivity contribution >= 4 is 0 Å². The van der Waals surface area contributed by atoms with Gasteiger partial charge < -0.3 is 5.73 Å². The average molecular weight is 237 g/mol. The van der Waals surface area contributed by atoms with Gasteiger partial charge >= 0.3 is 0 Å². The minimum atomic E-state index is -0.183. The Balaban J connectivity index is 2.57. The van der Waals surface area contributed by atoms with E-state index in [4.69, 9.17) is 5.73 Å². The first-order valence-electron chi connectivity index (χ1n) is 6.28. The first-order chi connectivity index (χ1) is 8.83. The highest BCUT2D eigenvalue weighted by molar-refractivity contribution is 5.43. The van der Waals surface area contributed by atoms with Gasteiger partial charge in [0.2, 0.25) is 0 Å². The van der Waals surface area contributed by atoms with Gasteiger partial charge in [-0.05, 0) is 24.1 Å². The second kappa shape index (κ2) is 5.65. The number of rotatable bonds is 5. The van der Waals surface area contributed by atoms with E-state index in [1.165, 1.54) is 11.1 Å². The quantitative estimate of drug-likeness (QED) is 0.791. The summed E-state index contributed by atoms with van der Waals surface area (Å²) in [5, 5.41) is 0. The summed E-state index contributed by atoms with van der Waals surface area (Å²) >= 11 is 0. The lowest BCUT2D eigenvalue weighted by atomic mass is 9.72. The first kappa shape index (κ1) is 12.6. The fourth-order valence-electron chi connectivity index (χ4n) is 2.49. The number of allylic oxidation sites excluding steroid dienone is 1. The van der Waals surface area contributed by atoms with Crippen molar-refractivity contribution in [1.82, 2.24) is 0 Å². The van der Waals surface area contributed by atoms with Crippen molar-refractivity contribution in [2.75, 3.05) is 6.54 Å². The molecular formula is C17H19N. The van der Waals surface area contributed by atoms with Crippen molar-refractivity contribution < 1.29 is 0 Å². The third-order valence-corrected chi connectivity index (χ3v) is 3.46. The van der Waals surface area contributed by atoms with E-state index < -0.39 is 0 Å². The van der Waals surface area contributed by atoms with Crippen molar-refractivity contribution in [3.63, 3.8) is 0 Å². The molecule has 0 aliphatic heterocycles. The summed E-state index contributed by atoms with van der Waals surface area (Å²) in [6.07, 6.45) is 2.88. The maximum Gasteiger partial charge on any atom is 0.0391 e. The largest absolute Gasteiger partial charge is 0.330 e. The third-order valence-electron chi connectivity index (χ3n) is 3.46. The molecule has 0 saturated carbocycles. The van der Waals surface area contributed by atoms with E-state index in [0.717, 1.165) is 6.42 Å². The maximum absolute atomic E-state index is 5.82. The highest BCUT2D eigenvalue weighted by Crippen LogP contribution is 2.36. The van der Waals surface area contributed by atoms with Gasteiger partial charge in [-0.2, -0.15) is 0 Å². The van der Waals surface area contributed by atoms with Crippen LogP contribution in [0.2, 0.25) is 0 Å². The molecule has 0 radical (unpaired) electrons. The van der Waals surface area contributed by atoms with E-state index in [9.17, 15) is 0 Å². The second-order valence-corrected chi connectivity index (χ2v) is 4.45. The van der Waals surface area contributed by atoms with Gasteiger partial charge in [-0.3, -0.25) is 0 Å². The number of benzene rings is 2. The molecular weight excluding hydrogens is 218 g/mol. The molecule has 0 atom stereocenters. The van der Waals surface area contributed by atoms with Crippen LogP contribution in [0.5, 0.6) is 0 Å². The molecule has 92 valence electrons. The molecule has 0 saturated heterocycles. The van der Waals surface area contributed by atoms with Crippen molar-refractivity contribution in [3.8, 4) is 0 Å². The Bertz CT molecular complexity index is 448. The first-order valence-corrected chi connectivity index (χ1v) is 6.28. The summed E-state index contributed by atoms with van der Waals surface area (Å²) in [5.41, 5.74) is 8.13. The molecule has 0 unspecified atom stereocenters. The van der Waals surface area contributed by atoms with Crippen LogP contribution < -0.4 is 5.73 Å². The zero-order valence-corrected chi connectivity index (χ0v) is 10.5. The van der Waals surface area contributed by atoms with Crippen LogP contribution in [0.4, 0.5) is 0 Å². The lowest BCUT2D eigenvalue weighted by molar-refractivity contribution is 0.590. The summed E-state index contributed by atoms with van der Waals surface area (Å²) in [6.45, 7) is 4.68. The molecule has 0 aliphatic rings. The molecule has 2 aromatic rings. The SMILES string of the molecule is C=CC(CCN)(c1ccccc1)c1ccccc1. The van der Waals surface area contributed by atoms with E-state index in [0.29, 0.717) is 6.54 Å². The molecule has 2 aromatic carbocycles. The molecule has 2 rings (SSSR count). The lowest BCUT2D eigenvalue weighted by Gasteiger charge is -2.31. The Kier molecular flexibility index (Phi) is 3.96. The third kappa shape index (κ3) is 2.22. The van der Waals surface area contributed by atoms with Crippen LogP contribution in [0.3, 0.4) is 0 Å². The fourth-order valence-corrected chi connectivity index (χ4v) is 2.49. The number of nitrogens with two attached hydrogens (primary N) is 1. The van der Waals surface area contributed by atoms with Gasteiger partial charge in [0, 0.05) is 5.41 Å². The monoisotopic (exact) mass is 237 g/mol. The molecule has 0 amide bonds. The Morgan fingerprint density at radius 2 is 1.33 bits per heavy atom. The van der Waals surface area contributed by atoms with Gasteiger partial charge in [0.05, 0.1) is 0 Å². The summed E-state index contributed by atoms with van der Waals surface area (Å²) in [6, 6.07) is 20.9. The second-order valence-electron chi connectivity index (χ2n) is 4.45. The fraction of sp³-hybridized carbons (Fsp3) is 0.176. The van der Waals surface area contributed by atoms with Gasteiger partial charge in [0.25, 0.3) is 0 Å². The highest BCUT2D eigenvalue weighted by atomic mass is 14.5. The van der Waals surface area contributed by atoms with Crippen molar-refractivity contribution in [1.29, 1.82) is 0 Å². The zero-order valence-electron chi connectivity index (χ0n) is 10.5. The summed E-state index contributed by atoms with van der Waals surface area (Å²) in [7, 11) is 0. The van der Waals surface area contributed by atoms with Crippen LogP contribution in [-0.2, 0) is 5.41 Å². The van der Waals surface area contributed by atoms with E-state index >= 15 is 0 Å². The number of hydrogen-bond donors (Lipinski definition) is 1. The van der Waals surface area contributed by atoms with E-state index in [1.807, 2.05) is 18.2 Å². The maximum atomic E-state index is 5.82. The molecule has 1 heteroatoms. The van der Waals surface area contributed by atoms with E-state index in [2.05, 4.69) is 55.1 Å². The smallest absolute Gasteiger partial charge is 0.0391 e. The van der Waals surface area contributed by atoms with Gasteiger partial charge in [-0.1, -0.05) is 66.7 Å². The van der Waals surface area contributed by atoms with Crippen LogP contribution in [-0.4, -0.2) is 6.54 Å². The zero-order chi connectivity index (χ0) is 12.8. The van der Waals surface area contributed by atoms with Crippen molar-refractivity contribution in [3.05, 3.63) is 84.4 Å². The minimum absolute atomic E-state index is 0.183.